The molecule has 1 atom stereocenters. The molecule has 0 radical (unpaired) electrons. The average molecular weight is 221 g/mol. The van der Waals surface area contributed by atoms with Crippen molar-refractivity contribution in [1.29, 1.82) is 0 Å². The molecule has 3 fully saturated rings. The summed E-state index contributed by atoms with van der Waals surface area (Å²) in [7, 11) is 0. The lowest BCUT2D eigenvalue weighted by molar-refractivity contribution is -0.135. The fourth-order valence-electron chi connectivity index (χ4n) is 2.75. The van der Waals surface area contributed by atoms with Crippen molar-refractivity contribution in [3.05, 3.63) is 11.1 Å². The smallest absolute Gasteiger partial charge is 0.228 e. The lowest BCUT2D eigenvalue weighted by Gasteiger charge is -2.30. The number of rotatable bonds is 1. The lowest BCUT2D eigenvalue weighted by atomic mass is 10.0. The minimum atomic E-state index is 0.148. The number of likely N-dealkylation sites (tertiary alicyclic amines) is 1. The van der Waals surface area contributed by atoms with Gasteiger partial charge in [0.15, 0.2) is 0 Å². The van der Waals surface area contributed by atoms with Crippen LogP contribution in [0.15, 0.2) is 11.1 Å². The third-order valence-electron chi connectivity index (χ3n) is 3.96. The van der Waals surface area contributed by atoms with Crippen molar-refractivity contribution in [2.24, 2.45) is 5.92 Å². The van der Waals surface area contributed by atoms with Crippen LogP contribution in [0.25, 0.3) is 0 Å². The molecule has 1 saturated carbocycles. The molecule has 16 heavy (non-hydrogen) atoms. The summed E-state index contributed by atoms with van der Waals surface area (Å²) < 4.78 is 5.28. The summed E-state index contributed by atoms with van der Waals surface area (Å²) in [6, 6.07) is 0. The lowest BCUT2D eigenvalue weighted by Crippen LogP contribution is -2.40. The SMILES string of the molecule is O=C(C1CCOC1)N1CCC(=C2CC2)CC1. The van der Waals surface area contributed by atoms with Crippen LogP contribution in [-0.2, 0) is 9.53 Å². The third-order valence-corrected chi connectivity index (χ3v) is 3.96. The first-order chi connectivity index (χ1) is 7.84. The Kier molecular flexibility index (Phi) is 2.72. The van der Waals surface area contributed by atoms with E-state index in [4.69, 9.17) is 4.74 Å². The van der Waals surface area contributed by atoms with E-state index in [1.165, 1.54) is 12.8 Å². The number of amides is 1. The molecule has 2 aliphatic heterocycles. The summed E-state index contributed by atoms with van der Waals surface area (Å²) in [6.45, 7) is 3.28. The third kappa shape index (κ3) is 2.01. The molecule has 2 heterocycles. The molecule has 1 aliphatic carbocycles. The highest BCUT2D eigenvalue weighted by atomic mass is 16.5. The molecule has 0 aromatic heterocycles. The van der Waals surface area contributed by atoms with Crippen molar-refractivity contribution in [2.45, 2.75) is 32.1 Å². The molecule has 1 unspecified atom stereocenters. The van der Waals surface area contributed by atoms with E-state index in [9.17, 15) is 4.79 Å². The second-order valence-electron chi connectivity index (χ2n) is 5.09. The molecule has 3 aliphatic rings. The van der Waals surface area contributed by atoms with Gasteiger partial charge in [-0.2, -0.15) is 0 Å². The maximum absolute atomic E-state index is 12.1. The second kappa shape index (κ2) is 4.21. The average Bonchev–Trinajstić information content (AvgIpc) is 3.04. The van der Waals surface area contributed by atoms with Crippen LogP contribution in [0.4, 0.5) is 0 Å². The monoisotopic (exact) mass is 221 g/mol. The molecule has 2 saturated heterocycles. The second-order valence-corrected chi connectivity index (χ2v) is 5.09. The van der Waals surface area contributed by atoms with Gasteiger partial charge in [-0.1, -0.05) is 11.1 Å². The Balaban J connectivity index is 1.56. The predicted molar refractivity (Wildman–Crippen MR) is 61.0 cm³/mol. The maximum Gasteiger partial charge on any atom is 0.228 e. The maximum atomic E-state index is 12.1. The molecule has 88 valence electrons. The number of nitrogens with zero attached hydrogens (tertiary/aromatic N) is 1. The summed E-state index contributed by atoms with van der Waals surface area (Å²) in [5.41, 5.74) is 3.32. The van der Waals surface area contributed by atoms with Crippen LogP contribution in [0.2, 0.25) is 0 Å². The normalized spacial score (nSPS) is 29.8. The number of hydrogen-bond donors (Lipinski definition) is 0. The topological polar surface area (TPSA) is 29.5 Å². The summed E-state index contributed by atoms with van der Waals surface area (Å²) >= 11 is 0. The number of ether oxygens (including phenoxy) is 1. The van der Waals surface area contributed by atoms with Gasteiger partial charge in [0, 0.05) is 19.7 Å². The molecule has 0 spiro atoms. The molecule has 1 amide bonds. The van der Waals surface area contributed by atoms with Crippen molar-refractivity contribution in [2.75, 3.05) is 26.3 Å². The van der Waals surface area contributed by atoms with Gasteiger partial charge >= 0.3 is 0 Å². The molecule has 3 heteroatoms. The molecule has 0 aromatic carbocycles. The van der Waals surface area contributed by atoms with Gasteiger partial charge in [-0.3, -0.25) is 4.79 Å². The van der Waals surface area contributed by atoms with Gasteiger partial charge in [0.05, 0.1) is 12.5 Å². The summed E-state index contributed by atoms with van der Waals surface area (Å²) in [4.78, 5) is 14.2. The van der Waals surface area contributed by atoms with Crippen LogP contribution >= 0.6 is 0 Å². The van der Waals surface area contributed by atoms with Crippen molar-refractivity contribution in [1.82, 2.24) is 4.90 Å². The van der Waals surface area contributed by atoms with Gasteiger partial charge in [-0.05, 0) is 32.1 Å². The highest BCUT2D eigenvalue weighted by Crippen LogP contribution is 2.36. The standard InChI is InChI=1S/C13H19NO2/c15-13(12-5-8-16-9-12)14-6-3-11(4-7-14)10-1-2-10/h12H,1-9H2. The first kappa shape index (κ1) is 10.3. The highest BCUT2D eigenvalue weighted by Gasteiger charge is 2.30. The largest absolute Gasteiger partial charge is 0.381 e. The highest BCUT2D eigenvalue weighted by molar-refractivity contribution is 5.79. The van der Waals surface area contributed by atoms with Crippen LogP contribution in [0.1, 0.15) is 32.1 Å². The minimum Gasteiger partial charge on any atom is -0.381 e. The van der Waals surface area contributed by atoms with Gasteiger partial charge in [-0.25, -0.2) is 0 Å². The Hall–Kier alpha value is -0.830. The van der Waals surface area contributed by atoms with Gasteiger partial charge in [0.25, 0.3) is 0 Å². The molecular weight excluding hydrogens is 202 g/mol. The van der Waals surface area contributed by atoms with Gasteiger partial charge < -0.3 is 9.64 Å². The number of carbonyl (C=O) groups excluding carboxylic acids is 1. The summed E-state index contributed by atoms with van der Waals surface area (Å²) in [6.07, 6.45) is 5.80. The quantitative estimate of drug-likeness (QED) is 0.631. The first-order valence-electron chi connectivity index (χ1n) is 6.41. The fourth-order valence-corrected chi connectivity index (χ4v) is 2.75. The number of hydrogen-bond acceptors (Lipinski definition) is 2. The molecule has 0 N–H and O–H groups in total. The molecule has 0 bridgehead atoms. The van der Waals surface area contributed by atoms with Crippen LogP contribution in [-0.4, -0.2) is 37.1 Å². The van der Waals surface area contributed by atoms with Crippen LogP contribution < -0.4 is 0 Å². The van der Waals surface area contributed by atoms with Crippen molar-refractivity contribution in [3.8, 4) is 0 Å². The van der Waals surface area contributed by atoms with Gasteiger partial charge in [0.1, 0.15) is 0 Å². The number of piperidine rings is 1. The van der Waals surface area contributed by atoms with Gasteiger partial charge in [0.2, 0.25) is 5.91 Å². The van der Waals surface area contributed by atoms with E-state index >= 15 is 0 Å². The van der Waals surface area contributed by atoms with Crippen LogP contribution in [0.5, 0.6) is 0 Å². The zero-order chi connectivity index (χ0) is 11.0. The van der Waals surface area contributed by atoms with E-state index in [0.717, 1.165) is 39.0 Å². The Labute approximate surface area is 96.4 Å². The predicted octanol–water partition coefficient (Wildman–Crippen LogP) is 1.74. The Morgan fingerprint density at radius 2 is 1.81 bits per heavy atom. The van der Waals surface area contributed by atoms with Crippen molar-refractivity contribution < 1.29 is 9.53 Å². The van der Waals surface area contributed by atoms with E-state index in [2.05, 4.69) is 0 Å². The molecule has 3 nitrogen and oxygen atoms in total. The van der Waals surface area contributed by atoms with E-state index in [1.54, 1.807) is 11.1 Å². The Bertz CT molecular complexity index is 313. The molecular formula is C13H19NO2. The minimum absolute atomic E-state index is 0.148. The van der Waals surface area contributed by atoms with E-state index < -0.39 is 0 Å². The van der Waals surface area contributed by atoms with E-state index in [0.29, 0.717) is 12.5 Å². The van der Waals surface area contributed by atoms with E-state index in [1.807, 2.05) is 4.90 Å². The van der Waals surface area contributed by atoms with Crippen molar-refractivity contribution >= 4 is 5.91 Å². The molecule has 3 rings (SSSR count). The summed E-state index contributed by atoms with van der Waals surface area (Å²) in [5, 5.41) is 0. The van der Waals surface area contributed by atoms with Crippen LogP contribution in [0, 0.1) is 5.92 Å². The molecule has 0 aromatic rings. The zero-order valence-electron chi connectivity index (χ0n) is 9.71. The number of carbonyl (C=O) groups is 1. The van der Waals surface area contributed by atoms with E-state index in [-0.39, 0.29) is 5.92 Å². The Morgan fingerprint density at radius 3 is 2.38 bits per heavy atom. The van der Waals surface area contributed by atoms with Gasteiger partial charge in [-0.15, -0.1) is 0 Å². The number of allylic oxidation sites excluding steroid dienone is 1. The van der Waals surface area contributed by atoms with Crippen molar-refractivity contribution in [3.63, 3.8) is 0 Å². The fraction of sp³-hybridized carbons (Fsp3) is 0.769. The summed E-state index contributed by atoms with van der Waals surface area (Å²) in [5.74, 6) is 0.479. The first-order valence-corrected chi connectivity index (χ1v) is 6.41. The van der Waals surface area contributed by atoms with Crippen LogP contribution in [0.3, 0.4) is 0 Å². The zero-order valence-corrected chi connectivity index (χ0v) is 9.71. The Morgan fingerprint density at radius 1 is 1.12 bits per heavy atom.